The van der Waals surface area contributed by atoms with Crippen LogP contribution in [-0.4, -0.2) is 57.8 Å². The number of aromatic nitrogens is 2. The minimum Gasteiger partial charge on any atom is -0.487 e. The van der Waals surface area contributed by atoms with Crippen LogP contribution in [0.25, 0.3) is 5.65 Å². The molecule has 0 radical (unpaired) electrons. The van der Waals surface area contributed by atoms with Gasteiger partial charge in [-0.1, -0.05) is 12.1 Å². The zero-order valence-electron chi connectivity index (χ0n) is 18.8. The number of thiophene rings is 1. The van der Waals surface area contributed by atoms with Gasteiger partial charge in [-0.2, -0.15) is 0 Å². The number of ether oxygens (including phenoxy) is 1. The van der Waals surface area contributed by atoms with Crippen molar-refractivity contribution in [1.29, 1.82) is 0 Å². The van der Waals surface area contributed by atoms with E-state index in [1.807, 2.05) is 76.4 Å². The van der Waals surface area contributed by atoms with Crippen molar-refractivity contribution in [3.8, 4) is 5.75 Å². The van der Waals surface area contributed by atoms with Crippen LogP contribution in [0.15, 0.2) is 66.3 Å². The standard InChI is InChI=1S/C26H28N4O2S/c1-20-4-2-11-30-18-22(27-25(20)30)19-32-23-8-6-21(7-9-23)26(31)29-15-13-28(14-16-29)12-10-24-5-3-17-33-24/h2-9,11,17-18H,10,12-16,19H2,1H3. The molecule has 6 nitrogen and oxygen atoms in total. The SMILES string of the molecule is Cc1cccn2cc(COc3ccc(C(=O)N4CCN(CCc5cccs5)CC4)cc3)nc12. The summed E-state index contributed by atoms with van der Waals surface area (Å²) in [6, 6.07) is 15.8. The zero-order valence-corrected chi connectivity index (χ0v) is 19.6. The summed E-state index contributed by atoms with van der Waals surface area (Å²) in [7, 11) is 0. The molecule has 1 aliphatic heterocycles. The molecule has 1 aliphatic rings. The second-order valence-corrected chi connectivity index (χ2v) is 9.46. The van der Waals surface area contributed by atoms with Gasteiger partial charge in [0.1, 0.15) is 18.0 Å². The molecule has 0 saturated carbocycles. The summed E-state index contributed by atoms with van der Waals surface area (Å²) >= 11 is 1.81. The van der Waals surface area contributed by atoms with Gasteiger partial charge in [-0.25, -0.2) is 4.98 Å². The fourth-order valence-electron chi connectivity index (χ4n) is 4.21. The van der Waals surface area contributed by atoms with Gasteiger partial charge in [-0.3, -0.25) is 9.69 Å². The molecule has 0 unspecified atom stereocenters. The van der Waals surface area contributed by atoms with E-state index in [4.69, 9.17) is 4.74 Å². The molecule has 1 fully saturated rings. The average Bonchev–Trinajstić information content (AvgIpc) is 3.52. The molecule has 1 amide bonds. The van der Waals surface area contributed by atoms with Crippen LogP contribution in [0.2, 0.25) is 0 Å². The quantitative estimate of drug-likeness (QED) is 0.413. The summed E-state index contributed by atoms with van der Waals surface area (Å²) in [5.74, 6) is 0.828. The van der Waals surface area contributed by atoms with Crippen LogP contribution in [0.4, 0.5) is 0 Å². The van der Waals surface area contributed by atoms with Gasteiger partial charge in [0.15, 0.2) is 0 Å². The normalized spacial score (nSPS) is 14.6. The maximum Gasteiger partial charge on any atom is 0.253 e. The summed E-state index contributed by atoms with van der Waals surface area (Å²) in [4.78, 5) is 23.4. The molecular formula is C26H28N4O2S. The number of piperazine rings is 1. The summed E-state index contributed by atoms with van der Waals surface area (Å²) in [5, 5.41) is 2.13. The first-order valence-corrected chi connectivity index (χ1v) is 12.2. The number of hydrogen-bond acceptors (Lipinski definition) is 5. The van der Waals surface area contributed by atoms with Crippen molar-refractivity contribution >= 4 is 22.9 Å². The van der Waals surface area contributed by atoms with Crippen LogP contribution in [0, 0.1) is 6.92 Å². The first kappa shape index (κ1) is 21.7. The molecule has 0 bridgehead atoms. The van der Waals surface area contributed by atoms with Crippen LogP contribution in [0.5, 0.6) is 5.75 Å². The van der Waals surface area contributed by atoms with E-state index in [1.54, 1.807) is 0 Å². The Labute approximate surface area is 198 Å². The lowest BCUT2D eigenvalue weighted by Crippen LogP contribution is -2.49. The molecule has 4 aromatic rings. The van der Waals surface area contributed by atoms with E-state index >= 15 is 0 Å². The number of benzene rings is 1. The van der Waals surface area contributed by atoms with E-state index in [2.05, 4.69) is 27.4 Å². The Balaban J connectivity index is 1.11. The molecule has 4 heterocycles. The summed E-state index contributed by atoms with van der Waals surface area (Å²) < 4.78 is 7.92. The van der Waals surface area contributed by atoms with Gasteiger partial charge in [0.05, 0.1) is 5.69 Å². The van der Waals surface area contributed by atoms with E-state index in [0.717, 1.165) is 61.8 Å². The molecule has 1 saturated heterocycles. The van der Waals surface area contributed by atoms with Gasteiger partial charge < -0.3 is 14.0 Å². The first-order valence-electron chi connectivity index (χ1n) is 11.4. The highest BCUT2D eigenvalue weighted by atomic mass is 32.1. The third kappa shape index (κ3) is 5.10. The molecule has 7 heteroatoms. The maximum absolute atomic E-state index is 12.9. The van der Waals surface area contributed by atoms with E-state index in [1.165, 1.54) is 4.88 Å². The number of imidazole rings is 1. The Morgan fingerprint density at radius 2 is 1.88 bits per heavy atom. The Kier molecular flexibility index (Phi) is 6.41. The van der Waals surface area contributed by atoms with Crippen molar-refractivity contribution in [1.82, 2.24) is 19.2 Å². The van der Waals surface area contributed by atoms with Crippen LogP contribution in [0.3, 0.4) is 0 Å². The Bertz CT molecular complexity index is 1210. The van der Waals surface area contributed by atoms with Crippen molar-refractivity contribution < 1.29 is 9.53 Å². The number of nitrogens with zero attached hydrogens (tertiary/aromatic N) is 4. The fraction of sp³-hybridized carbons (Fsp3) is 0.308. The largest absolute Gasteiger partial charge is 0.487 e. The molecule has 0 N–H and O–H groups in total. The van der Waals surface area contributed by atoms with Crippen LogP contribution >= 0.6 is 11.3 Å². The van der Waals surface area contributed by atoms with Crippen molar-refractivity contribution in [3.05, 3.63) is 88.0 Å². The summed E-state index contributed by atoms with van der Waals surface area (Å²) in [6.07, 6.45) is 5.06. The monoisotopic (exact) mass is 460 g/mol. The van der Waals surface area contributed by atoms with Gasteiger partial charge >= 0.3 is 0 Å². The Morgan fingerprint density at radius 1 is 1.06 bits per heavy atom. The molecular weight excluding hydrogens is 432 g/mol. The van der Waals surface area contributed by atoms with E-state index in [9.17, 15) is 4.79 Å². The van der Waals surface area contributed by atoms with Crippen molar-refractivity contribution in [3.63, 3.8) is 0 Å². The average molecular weight is 461 g/mol. The predicted molar refractivity (Wildman–Crippen MR) is 131 cm³/mol. The van der Waals surface area contributed by atoms with Gasteiger partial charge in [-0.05, 0) is 60.7 Å². The number of hydrogen-bond donors (Lipinski definition) is 0. The minimum absolute atomic E-state index is 0.0929. The molecule has 0 atom stereocenters. The lowest BCUT2D eigenvalue weighted by molar-refractivity contribution is 0.0638. The Morgan fingerprint density at radius 3 is 2.61 bits per heavy atom. The molecule has 5 rings (SSSR count). The second kappa shape index (κ2) is 9.77. The van der Waals surface area contributed by atoms with Crippen molar-refractivity contribution in [2.45, 2.75) is 20.0 Å². The predicted octanol–water partition coefficient (Wildman–Crippen LogP) is 4.28. The topological polar surface area (TPSA) is 50.1 Å². The number of carbonyl (C=O) groups excluding carboxylic acids is 1. The third-order valence-corrected chi connectivity index (χ3v) is 7.07. The second-order valence-electron chi connectivity index (χ2n) is 8.43. The first-order chi connectivity index (χ1) is 16.2. The molecule has 170 valence electrons. The van der Waals surface area contributed by atoms with Crippen LogP contribution < -0.4 is 4.74 Å². The molecule has 3 aromatic heterocycles. The van der Waals surface area contributed by atoms with Gasteiger partial charge in [0.2, 0.25) is 0 Å². The summed E-state index contributed by atoms with van der Waals surface area (Å²) in [6.45, 7) is 6.90. The maximum atomic E-state index is 12.9. The number of carbonyl (C=O) groups is 1. The van der Waals surface area contributed by atoms with Gasteiger partial charge in [0.25, 0.3) is 5.91 Å². The highest BCUT2D eigenvalue weighted by molar-refractivity contribution is 7.09. The van der Waals surface area contributed by atoms with Crippen molar-refractivity contribution in [2.24, 2.45) is 0 Å². The third-order valence-electron chi connectivity index (χ3n) is 6.13. The Hall–Kier alpha value is -3.16. The zero-order chi connectivity index (χ0) is 22.6. The lowest BCUT2D eigenvalue weighted by atomic mass is 10.1. The molecule has 0 aliphatic carbocycles. The molecule has 0 spiro atoms. The van der Waals surface area contributed by atoms with Crippen molar-refractivity contribution in [2.75, 3.05) is 32.7 Å². The fourth-order valence-corrected chi connectivity index (χ4v) is 4.90. The van der Waals surface area contributed by atoms with Gasteiger partial charge in [-0.15, -0.1) is 11.3 Å². The number of aryl methyl sites for hydroxylation is 1. The van der Waals surface area contributed by atoms with Crippen LogP contribution in [0.1, 0.15) is 26.5 Å². The number of rotatable bonds is 7. The van der Waals surface area contributed by atoms with Crippen LogP contribution in [-0.2, 0) is 13.0 Å². The summed E-state index contributed by atoms with van der Waals surface area (Å²) in [5.41, 5.74) is 3.66. The van der Waals surface area contributed by atoms with Gasteiger partial charge in [0, 0.05) is 55.6 Å². The minimum atomic E-state index is 0.0929. The molecule has 33 heavy (non-hydrogen) atoms. The van der Waals surface area contributed by atoms with E-state index in [-0.39, 0.29) is 5.91 Å². The smallest absolute Gasteiger partial charge is 0.253 e. The lowest BCUT2D eigenvalue weighted by Gasteiger charge is -2.34. The number of pyridine rings is 1. The van der Waals surface area contributed by atoms with E-state index < -0.39 is 0 Å². The molecule has 1 aromatic carbocycles. The highest BCUT2D eigenvalue weighted by Crippen LogP contribution is 2.18. The van der Waals surface area contributed by atoms with E-state index in [0.29, 0.717) is 12.2 Å². The highest BCUT2D eigenvalue weighted by Gasteiger charge is 2.22. The number of amides is 1. The number of fused-ring (bicyclic) bond motifs is 1.